The molecule has 0 radical (unpaired) electrons. The van der Waals surface area contributed by atoms with Crippen LogP contribution >= 0.6 is 0 Å². The van der Waals surface area contributed by atoms with Crippen LogP contribution in [0.25, 0.3) is 0 Å². The molecule has 1 N–H and O–H groups in total. The molecule has 0 aromatic heterocycles. The van der Waals surface area contributed by atoms with Crippen molar-refractivity contribution in [2.45, 2.75) is 38.6 Å². The lowest BCUT2D eigenvalue weighted by Crippen LogP contribution is -2.61. The third-order valence-corrected chi connectivity index (χ3v) is 3.86. The third-order valence-electron chi connectivity index (χ3n) is 3.86. The molecule has 5 nitrogen and oxygen atoms in total. The minimum Gasteiger partial charge on any atom is -0.468 e. The van der Waals surface area contributed by atoms with Crippen LogP contribution in [0.3, 0.4) is 0 Å². The summed E-state index contributed by atoms with van der Waals surface area (Å²) in [5.74, 6) is 0.271. The molecule has 0 amide bonds. The van der Waals surface area contributed by atoms with Gasteiger partial charge in [0.2, 0.25) is 0 Å². The smallest absolute Gasteiger partial charge is 0.327 e. The van der Waals surface area contributed by atoms with E-state index < -0.39 is 5.54 Å². The van der Waals surface area contributed by atoms with Gasteiger partial charge in [-0.1, -0.05) is 6.92 Å². The molecule has 118 valence electrons. The predicted molar refractivity (Wildman–Crippen MR) is 79.8 cm³/mol. The van der Waals surface area contributed by atoms with Gasteiger partial charge in [-0.05, 0) is 45.7 Å². The molecule has 5 heteroatoms. The summed E-state index contributed by atoms with van der Waals surface area (Å²) in [6.45, 7) is 7.87. The number of esters is 1. The maximum absolute atomic E-state index is 12.3. The predicted octanol–water partition coefficient (Wildman–Crippen LogP) is 1.28. The monoisotopic (exact) mass is 286 g/mol. The van der Waals surface area contributed by atoms with Gasteiger partial charge in [0.25, 0.3) is 0 Å². The number of carbonyl (C=O) groups is 1. The summed E-state index contributed by atoms with van der Waals surface area (Å²) in [6.07, 6.45) is 3.21. The molecule has 1 unspecified atom stereocenters. The highest BCUT2D eigenvalue weighted by Gasteiger charge is 2.51. The van der Waals surface area contributed by atoms with Crippen LogP contribution in [0.4, 0.5) is 0 Å². The highest BCUT2D eigenvalue weighted by atomic mass is 16.5. The van der Waals surface area contributed by atoms with Gasteiger partial charge in [0.1, 0.15) is 5.54 Å². The van der Waals surface area contributed by atoms with E-state index in [2.05, 4.69) is 17.1 Å². The molecular weight excluding hydrogens is 256 g/mol. The molecule has 20 heavy (non-hydrogen) atoms. The van der Waals surface area contributed by atoms with Crippen molar-refractivity contribution in [1.82, 2.24) is 10.2 Å². The Morgan fingerprint density at radius 1 is 1.40 bits per heavy atom. The van der Waals surface area contributed by atoms with Crippen molar-refractivity contribution in [3.05, 3.63) is 0 Å². The number of nitrogens with zero attached hydrogens (tertiary/aromatic N) is 1. The topological polar surface area (TPSA) is 50.8 Å². The summed E-state index contributed by atoms with van der Waals surface area (Å²) >= 11 is 0. The molecule has 0 aromatic carbocycles. The number of likely N-dealkylation sites (N-methyl/N-ethyl adjacent to an activating group) is 1. The van der Waals surface area contributed by atoms with Gasteiger partial charge in [-0.25, -0.2) is 4.79 Å². The summed E-state index contributed by atoms with van der Waals surface area (Å²) in [6, 6.07) is 0. The quantitative estimate of drug-likeness (QED) is 0.458. The van der Waals surface area contributed by atoms with Gasteiger partial charge in [-0.15, -0.1) is 0 Å². The number of ether oxygens (including phenoxy) is 2. The van der Waals surface area contributed by atoms with Gasteiger partial charge in [-0.2, -0.15) is 0 Å². The van der Waals surface area contributed by atoms with E-state index in [-0.39, 0.29) is 5.97 Å². The molecule has 1 aliphatic rings. The molecule has 0 aliphatic heterocycles. The van der Waals surface area contributed by atoms with Crippen molar-refractivity contribution in [3.63, 3.8) is 0 Å². The summed E-state index contributed by atoms with van der Waals surface area (Å²) in [5.41, 5.74) is -0.550. The Bertz CT molecular complexity index is 295. The summed E-state index contributed by atoms with van der Waals surface area (Å²) in [7, 11) is 3.51. The number of carbonyl (C=O) groups excluding carboxylic acids is 1. The van der Waals surface area contributed by atoms with Gasteiger partial charge < -0.3 is 19.7 Å². The number of hydrogen-bond donors (Lipinski definition) is 1. The summed E-state index contributed by atoms with van der Waals surface area (Å²) in [4.78, 5) is 14.5. The van der Waals surface area contributed by atoms with Crippen LogP contribution in [0, 0.1) is 5.92 Å². The highest BCUT2D eigenvalue weighted by molar-refractivity contribution is 5.82. The van der Waals surface area contributed by atoms with Gasteiger partial charge in [0.15, 0.2) is 0 Å². The molecule has 1 fully saturated rings. The van der Waals surface area contributed by atoms with Crippen LogP contribution in [-0.4, -0.2) is 63.4 Å². The molecule has 0 saturated heterocycles. The molecular formula is C15H30N2O3. The van der Waals surface area contributed by atoms with Gasteiger partial charge in [0.05, 0.1) is 13.7 Å². The number of hydrogen-bond acceptors (Lipinski definition) is 5. The Balaban J connectivity index is 2.67. The summed E-state index contributed by atoms with van der Waals surface area (Å²) < 4.78 is 10.5. The first-order valence-electron chi connectivity index (χ1n) is 7.70. The van der Waals surface area contributed by atoms with Crippen LogP contribution in [0.2, 0.25) is 0 Å². The lowest BCUT2D eigenvalue weighted by atomic mass is 9.92. The first-order chi connectivity index (χ1) is 9.60. The fourth-order valence-electron chi connectivity index (χ4n) is 2.61. The van der Waals surface area contributed by atoms with Crippen molar-refractivity contribution >= 4 is 5.97 Å². The Kier molecular flexibility index (Phi) is 7.48. The van der Waals surface area contributed by atoms with Crippen molar-refractivity contribution in [1.29, 1.82) is 0 Å². The molecule has 0 aromatic rings. The maximum Gasteiger partial charge on any atom is 0.327 e. The van der Waals surface area contributed by atoms with Crippen molar-refractivity contribution in [2.24, 2.45) is 5.92 Å². The fraction of sp³-hybridized carbons (Fsp3) is 0.933. The van der Waals surface area contributed by atoms with Crippen molar-refractivity contribution < 1.29 is 14.3 Å². The molecule has 0 spiro atoms. The van der Waals surface area contributed by atoms with E-state index in [1.807, 2.05) is 14.0 Å². The van der Waals surface area contributed by atoms with Crippen LogP contribution in [0.1, 0.15) is 33.1 Å². The van der Waals surface area contributed by atoms with Gasteiger partial charge >= 0.3 is 5.97 Å². The SMILES string of the molecule is CCCNC(CN(C)CCOCC)(C(=O)OC)C1CC1. The Morgan fingerprint density at radius 2 is 2.10 bits per heavy atom. The molecule has 0 bridgehead atoms. The second-order valence-electron chi connectivity index (χ2n) is 5.60. The normalized spacial score (nSPS) is 18.1. The largest absolute Gasteiger partial charge is 0.468 e. The van der Waals surface area contributed by atoms with Gasteiger partial charge in [0, 0.05) is 19.7 Å². The molecule has 1 atom stereocenters. The second-order valence-corrected chi connectivity index (χ2v) is 5.60. The Morgan fingerprint density at radius 3 is 2.60 bits per heavy atom. The Labute approximate surface area is 123 Å². The zero-order chi connectivity index (χ0) is 15.0. The zero-order valence-corrected chi connectivity index (χ0v) is 13.4. The third kappa shape index (κ3) is 4.72. The molecule has 1 saturated carbocycles. The van der Waals surface area contributed by atoms with Gasteiger partial charge in [-0.3, -0.25) is 0 Å². The van der Waals surface area contributed by atoms with Crippen molar-refractivity contribution in [2.75, 3.05) is 47.0 Å². The average molecular weight is 286 g/mol. The van der Waals surface area contributed by atoms with E-state index in [1.165, 1.54) is 7.11 Å². The first-order valence-corrected chi connectivity index (χ1v) is 7.70. The standard InChI is InChI=1S/C15H30N2O3/c1-5-9-16-15(13-7-8-13,14(18)19-4)12-17(3)10-11-20-6-2/h13,16H,5-12H2,1-4H3. The molecule has 0 heterocycles. The lowest BCUT2D eigenvalue weighted by Gasteiger charge is -2.36. The second kappa shape index (κ2) is 8.60. The molecule has 1 aliphatic carbocycles. The van der Waals surface area contributed by atoms with E-state index >= 15 is 0 Å². The molecule has 1 rings (SSSR count). The van der Waals surface area contributed by atoms with Crippen LogP contribution in [-0.2, 0) is 14.3 Å². The van der Waals surface area contributed by atoms with E-state index in [0.717, 1.165) is 39.0 Å². The van der Waals surface area contributed by atoms with Crippen LogP contribution in [0.15, 0.2) is 0 Å². The minimum absolute atomic E-state index is 0.128. The first kappa shape index (κ1) is 17.4. The lowest BCUT2D eigenvalue weighted by molar-refractivity contribution is -0.150. The number of methoxy groups -OCH3 is 1. The maximum atomic E-state index is 12.3. The highest BCUT2D eigenvalue weighted by Crippen LogP contribution is 2.41. The van der Waals surface area contributed by atoms with E-state index in [4.69, 9.17) is 9.47 Å². The van der Waals surface area contributed by atoms with E-state index in [0.29, 0.717) is 19.1 Å². The Hall–Kier alpha value is -0.650. The van der Waals surface area contributed by atoms with Crippen LogP contribution < -0.4 is 5.32 Å². The van der Waals surface area contributed by atoms with Crippen LogP contribution in [0.5, 0.6) is 0 Å². The fourth-order valence-corrected chi connectivity index (χ4v) is 2.61. The average Bonchev–Trinajstić information content (AvgIpc) is 3.27. The minimum atomic E-state index is -0.550. The van der Waals surface area contributed by atoms with E-state index in [9.17, 15) is 4.79 Å². The summed E-state index contributed by atoms with van der Waals surface area (Å²) in [5, 5.41) is 3.46. The zero-order valence-electron chi connectivity index (χ0n) is 13.4. The number of rotatable bonds is 11. The number of nitrogens with one attached hydrogen (secondary N) is 1. The van der Waals surface area contributed by atoms with E-state index in [1.54, 1.807) is 0 Å². The van der Waals surface area contributed by atoms with Crippen molar-refractivity contribution in [3.8, 4) is 0 Å².